The van der Waals surface area contributed by atoms with Crippen LogP contribution in [0.4, 0.5) is 11.4 Å². The van der Waals surface area contributed by atoms with Crippen LogP contribution in [0.2, 0.25) is 0 Å². The van der Waals surface area contributed by atoms with Crippen molar-refractivity contribution < 1.29 is 4.58 Å². The second-order valence-corrected chi connectivity index (χ2v) is 5.83. The summed E-state index contributed by atoms with van der Waals surface area (Å²) in [7, 11) is 4.06. The number of fused-ring (bicyclic) bond motifs is 1. The van der Waals surface area contributed by atoms with Gasteiger partial charge in [0.25, 0.3) is 0 Å². The van der Waals surface area contributed by atoms with Gasteiger partial charge >= 0.3 is 0 Å². The van der Waals surface area contributed by atoms with Crippen molar-refractivity contribution in [1.82, 2.24) is 0 Å². The molecule has 0 spiro atoms. The number of anilines is 1. The first kappa shape index (κ1) is 16.7. The molecule has 2 aromatic carbocycles. The normalized spacial score (nSPS) is 16.2. The molecule has 0 bridgehead atoms. The second-order valence-electron chi connectivity index (χ2n) is 5.83. The molecule has 0 N–H and O–H groups in total. The van der Waals surface area contributed by atoms with Crippen LogP contribution in [-0.4, -0.2) is 24.9 Å². The zero-order chi connectivity index (χ0) is 17.5. The molecule has 3 rings (SSSR count). The van der Waals surface area contributed by atoms with Crippen molar-refractivity contribution in [3.63, 3.8) is 0 Å². The minimum atomic E-state index is 1.12. The fourth-order valence-electron chi connectivity index (χ4n) is 2.69. The summed E-state index contributed by atoms with van der Waals surface area (Å²) >= 11 is 0. The molecule has 1 aliphatic heterocycles. The number of hydrogen-bond donors (Lipinski definition) is 0. The molecule has 0 saturated heterocycles. The first-order valence-corrected chi connectivity index (χ1v) is 8.34. The predicted molar refractivity (Wildman–Crippen MR) is 108 cm³/mol. The fourth-order valence-corrected chi connectivity index (χ4v) is 2.69. The van der Waals surface area contributed by atoms with Crippen LogP contribution in [0.5, 0.6) is 0 Å². The van der Waals surface area contributed by atoms with Crippen LogP contribution in [0.15, 0.2) is 97.3 Å². The maximum Gasteiger partial charge on any atom is 0.115 e. The molecule has 124 valence electrons. The van der Waals surface area contributed by atoms with Gasteiger partial charge in [0, 0.05) is 24.5 Å². The van der Waals surface area contributed by atoms with Crippen LogP contribution in [0.3, 0.4) is 0 Å². The second kappa shape index (κ2) is 8.11. The van der Waals surface area contributed by atoms with E-state index in [0.29, 0.717) is 0 Å². The van der Waals surface area contributed by atoms with Gasteiger partial charge in [-0.1, -0.05) is 48.6 Å². The smallest absolute Gasteiger partial charge is 0.115 e. The van der Waals surface area contributed by atoms with Gasteiger partial charge in [-0.3, -0.25) is 0 Å². The van der Waals surface area contributed by atoms with Crippen LogP contribution >= 0.6 is 0 Å². The van der Waals surface area contributed by atoms with Gasteiger partial charge in [0.15, 0.2) is 0 Å². The van der Waals surface area contributed by atoms with Crippen molar-refractivity contribution in [2.45, 2.75) is 0 Å². The Labute approximate surface area is 150 Å². The summed E-state index contributed by atoms with van der Waals surface area (Å²) < 4.78 is 1.97. The van der Waals surface area contributed by atoms with E-state index in [2.05, 4.69) is 79.0 Å². The van der Waals surface area contributed by atoms with Crippen LogP contribution < -0.4 is 4.90 Å². The highest BCUT2D eigenvalue weighted by Gasteiger charge is 2.11. The van der Waals surface area contributed by atoms with Crippen molar-refractivity contribution >= 4 is 23.2 Å². The monoisotopic (exact) mass is 326 g/mol. The summed E-state index contributed by atoms with van der Waals surface area (Å²) in [6.07, 6.45) is 17.6. The molecule has 0 radical (unpaired) electrons. The minimum absolute atomic E-state index is 1.12. The van der Waals surface area contributed by atoms with E-state index in [1.165, 1.54) is 16.8 Å². The standard InChI is InChI=1S/C23H22N2/c1-24(21-13-7-5-8-14-21)18-11-4-3-6-12-20-17-19-25(2)23-16-10-9-15-22(20)23/h3-17,19H,1-2H3/b6-3+,11-4+,20-12+. The Hall–Kier alpha value is -3.13. The molecule has 0 atom stereocenters. The number of rotatable bonds is 4. The van der Waals surface area contributed by atoms with Gasteiger partial charge < -0.3 is 9.48 Å². The highest BCUT2D eigenvalue weighted by Crippen LogP contribution is 2.31. The molecule has 2 nitrogen and oxygen atoms in total. The Morgan fingerprint density at radius 1 is 0.920 bits per heavy atom. The molecule has 0 aliphatic carbocycles. The summed E-state index contributed by atoms with van der Waals surface area (Å²) in [5.74, 6) is 0. The number of para-hydroxylation sites is 2. The number of allylic oxidation sites excluding steroid dienone is 7. The van der Waals surface area contributed by atoms with Crippen molar-refractivity contribution in [3.05, 3.63) is 103 Å². The lowest BCUT2D eigenvalue weighted by atomic mass is 10.00. The Morgan fingerprint density at radius 3 is 2.52 bits per heavy atom. The Kier molecular flexibility index (Phi) is 5.43. The average molecular weight is 326 g/mol. The molecule has 1 aliphatic rings. The van der Waals surface area contributed by atoms with Crippen LogP contribution in [-0.2, 0) is 0 Å². The molecule has 25 heavy (non-hydrogen) atoms. The molecule has 0 fully saturated rings. The molecule has 0 amide bonds. The number of nitrogens with zero attached hydrogens (tertiary/aromatic N) is 2. The van der Waals surface area contributed by atoms with E-state index < -0.39 is 0 Å². The van der Waals surface area contributed by atoms with E-state index in [4.69, 9.17) is 0 Å². The molecule has 0 aromatic heterocycles. The highest BCUT2D eigenvalue weighted by atomic mass is 15.1. The topological polar surface area (TPSA) is 6.25 Å². The lowest BCUT2D eigenvalue weighted by Gasteiger charge is -2.23. The molecule has 2 aromatic rings. The van der Waals surface area contributed by atoms with Crippen molar-refractivity contribution in [3.8, 4) is 0 Å². The van der Waals surface area contributed by atoms with Crippen LogP contribution in [0, 0.1) is 0 Å². The van der Waals surface area contributed by atoms with E-state index in [9.17, 15) is 0 Å². The van der Waals surface area contributed by atoms with Crippen molar-refractivity contribution in [2.24, 2.45) is 0 Å². The summed E-state index contributed by atoms with van der Waals surface area (Å²) in [6, 6.07) is 18.6. The SMILES string of the molecule is CN1C=C\C(=C/C=C/C=C/[C-]=[N+](C)c2ccccc2)c2ccccc21. The minimum Gasteiger partial charge on any atom is -0.351 e. The van der Waals surface area contributed by atoms with Crippen LogP contribution in [0.25, 0.3) is 5.57 Å². The van der Waals surface area contributed by atoms with E-state index in [1.807, 2.05) is 48.1 Å². The molecular formula is C23H22N2. The van der Waals surface area contributed by atoms with E-state index in [0.717, 1.165) is 5.69 Å². The van der Waals surface area contributed by atoms with E-state index in [1.54, 1.807) is 0 Å². The third-order valence-corrected chi connectivity index (χ3v) is 4.08. The third kappa shape index (κ3) is 4.24. The summed E-state index contributed by atoms with van der Waals surface area (Å²) in [5, 5.41) is 0. The van der Waals surface area contributed by atoms with Gasteiger partial charge in [-0.2, -0.15) is 6.08 Å². The third-order valence-electron chi connectivity index (χ3n) is 4.08. The molecular weight excluding hydrogens is 304 g/mol. The Balaban J connectivity index is 1.67. The predicted octanol–water partition coefficient (Wildman–Crippen LogP) is 5.07. The number of benzene rings is 2. The van der Waals surface area contributed by atoms with E-state index >= 15 is 0 Å². The first-order valence-electron chi connectivity index (χ1n) is 8.34. The van der Waals surface area contributed by atoms with Crippen LogP contribution in [0.1, 0.15) is 5.56 Å². The Morgan fingerprint density at radius 2 is 1.68 bits per heavy atom. The fraction of sp³-hybridized carbons (Fsp3) is 0.0870. The molecule has 1 heterocycles. The van der Waals surface area contributed by atoms with E-state index in [-0.39, 0.29) is 0 Å². The zero-order valence-electron chi connectivity index (χ0n) is 14.6. The zero-order valence-corrected chi connectivity index (χ0v) is 14.6. The molecule has 2 heteroatoms. The number of hydrogen-bond acceptors (Lipinski definition) is 1. The highest BCUT2D eigenvalue weighted by molar-refractivity contribution is 5.86. The van der Waals surface area contributed by atoms with Gasteiger partial charge in [-0.15, -0.1) is 12.2 Å². The van der Waals surface area contributed by atoms with Gasteiger partial charge in [0.2, 0.25) is 0 Å². The van der Waals surface area contributed by atoms with Crippen molar-refractivity contribution in [1.29, 1.82) is 0 Å². The lowest BCUT2D eigenvalue weighted by Crippen LogP contribution is -2.13. The summed E-state index contributed by atoms with van der Waals surface area (Å²) in [6.45, 7) is 0. The lowest BCUT2D eigenvalue weighted by molar-refractivity contribution is -0.398. The molecule has 0 unspecified atom stereocenters. The molecule has 0 saturated carbocycles. The maximum atomic E-state index is 3.22. The average Bonchev–Trinajstić information content (AvgIpc) is 2.67. The van der Waals surface area contributed by atoms with Gasteiger partial charge in [-0.25, -0.2) is 0 Å². The Bertz CT molecular complexity index is 868. The quantitative estimate of drug-likeness (QED) is 0.329. The summed E-state index contributed by atoms with van der Waals surface area (Å²) in [5.41, 5.74) is 4.81. The first-order chi connectivity index (χ1) is 12.3. The van der Waals surface area contributed by atoms with Gasteiger partial charge in [-0.05, 0) is 29.8 Å². The summed E-state index contributed by atoms with van der Waals surface area (Å²) in [4.78, 5) is 2.14. The largest absolute Gasteiger partial charge is 0.351 e. The van der Waals surface area contributed by atoms with Crippen molar-refractivity contribution in [2.75, 3.05) is 19.0 Å². The maximum absolute atomic E-state index is 3.22. The van der Waals surface area contributed by atoms with Gasteiger partial charge in [0.1, 0.15) is 18.9 Å². The van der Waals surface area contributed by atoms with Gasteiger partial charge in [0.05, 0.1) is 0 Å².